The van der Waals surface area contributed by atoms with Gasteiger partial charge in [-0.2, -0.15) is 0 Å². The number of carbonyl (C=O) groups is 3. The number of nitro groups is 1. The number of nitro benzene ring substituents is 1. The number of anilines is 2. The lowest BCUT2D eigenvalue weighted by atomic mass is 10.1. The van der Waals surface area contributed by atoms with Crippen molar-refractivity contribution in [1.29, 1.82) is 0 Å². The lowest BCUT2D eigenvalue weighted by Crippen LogP contribution is -2.30. The van der Waals surface area contributed by atoms with Gasteiger partial charge in [0, 0.05) is 34.0 Å². The van der Waals surface area contributed by atoms with Crippen LogP contribution >= 0.6 is 11.8 Å². The maximum atomic E-state index is 13.3. The van der Waals surface area contributed by atoms with Gasteiger partial charge in [-0.05, 0) is 85.6 Å². The minimum Gasteiger partial charge on any atom is -0.497 e. The highest BCUT2D eigenvalue weighted by atomic mass is 32.2. The summed E-state index contributed by atoms with van der Waals surface area (Å²) in [5.74, 6) is -0.612. The summed E-state index contributed by atoms with van der Waals surface area (Å²) in [7, 11) is 1.54. The molecule has 1 unspecified atom stereocenters. The minimum atomic E-state index is -0.524. The number of methoxy groups -OCH3 is 1. The zero-order valence-electron chi connectivity index (χ0n) is 24.2. The fraction of sp³-hybridized carbons (Fsp3) is 0.121. The predicted molar refractivity (Wildman–Crippen MR) is 172 cm³/mol. The van der Waals surface area contributed by atoms with Gasteiger partial charge in [-0.1, -0.05) is 30.3 Å². The van der Waals surface area contributed by atoms with Crippen LogP contribution in [0.4, 0.5) is 17.1 Å². The maximum Gasteiger partial charge on any atom is 0.272 e. The Morgan fingerprint density at radius 2 is 1.64 bits per heavy atom. The molecule has 0 fully saturated rings. The Morgan fingerprint density at radius 3 is 2.30 bits per heavy atom. The molecular formula is C33H30N4O6S. The number of hydrogen-bond acceptors (Lipinski definition) is 7. The monoisotopic (exact) mass is 610 g/mol. The summed E-state index contributed by atoms with van der Waals surface area (Å²) in [6, 6.07) is 26.9. The van der Waals surface area contributed by atoms with E-state index < -0.39 is 22.0 Å². The Labute approximate surface area is 258 Å². The van der Waals surface area contributed by atoms with Gasteiger partial charge in [0.2, 0.25) is 5.91 Å². The van der Waals surface area contributed by atoms with Crippen molar-refractivity contribution in [3.63, 3.8) is 0 Å². The largest absolute Gasteiger partial charge is 0.497 e. The third-order valence-electron chi connectivity index (χ3n) is 6.41. The van der Waals surface area contributed by atoms with Gasteiger partial charge in [-0.25, -0.2) is 0 Å². The molecule has 224 valence electrons. The van der Waals surface area contributed by atoms with Gasteiger partial charge in [-0.3, -0.25) is 24.5 Å². The van der Waals surface area contributed by atoms with Crippen molar-refractivity contribution in [1.82, 2.24) is 5.32 Å². The van der Waals surface area contributed by atoms with E-state index in [1.807, 2.05) is 0 Å². The van der Waals surface area contributed by atoms with Crippen LogP contribution in [0.15, 0.2) is 108 Å². The van der Waals surface area contributed by atoms with Crippen molar-refractivity contribution < 1.29 is 24.0 Å². The van der Waals surface area contributed by atoms with Gasteiger partial charge in [0.15, 0.2) is 0 Å². The number of amides is 3. The standard InChI is InChI=1S/C33H30N4O6S/c1-21-18-26(37(41)42)14-17-29(21)35-31(38)22(2)44-28-15-12-25(13-16-28)34-33(40)30(20-23-8-7-11-27(19-23)43-3)36-32(39)24-9-5-4-6-10-24/h4-20,22H,1-3H3,(H,34,40)(H,35,38)(H,36,39)/b30-20-. The lowest BCUT2D eigenvalue weighted by Gasteiger charge is -2.14. The number of benzene rings is 4. The van der Waals surface area contributed by atoms with E-state index in [-0.39, 0.29) is 17.3 Å². The number of hydrogen-bond donors (Lipinski definition) is 3. The van der Waals surface area contributed by atoms with Gasteiger partial charge in [0.05, 0.1) is 17.3 Å². The molecule has 4 aromatic carbocycles. The topological polar surface area (TPSA) is 140 Å². The predicted octanol–water partition coefficient (Wildman–Crippen LogP) is 6.44. The number of rotatable bonds is 11. The number of nitrogens with one attached hydrogen (secondary N) is 3. The van der Waals surface area contributed by atoms with E-state index >= 15 is 0 Å². The van der Waals surface area contributed by atoms with Crippen molar-refractivity contribution in [3.8, 4) is 5.75 Å². The van der Waals surface area contributed by atoms with E-state index in [2.05, 4.69) is 16.0 Å². The van der Waals surface area contributed by atoms with Crippen LogP contribution in [0.1, 0.15) is 28.4 Å². The summed E-state index contributed by atoms with van der Waals surface area (Å²) >= 11 is 1.32. The maximum absolute atomic E-state index is 13.3. The molecule has 4 aromatic rings. The molecule has 3 amide bonds. The van der Waals surface area contributed by atoms with Gasteiger partial charge in [-0.15, -0.1) is 11.8 Å². The summed E-state index contributed by atoms with van der Waals surface area (Å²) in [4.78, 5) is 50.3. The van der Waals surface area contributed by atoms with Crippen LogP contribution in [0, 0.1) is 17.0 Å². The summed E-state index contributed by atoms with van der Waals surface area (Å²) in [5, 5.41) is 18.8. The van der Waals surface area contributed by atoms with E-state index in [4.69, 9.17) is 4.74 Å². The zero-order chi connectivity index (χ0) is 31.6. The van der Waals surface area contributed by atoms with E-state index in [1.54, 1.807) is 106 Å². The van der Waals surface area contributed by atoms with Crippen LogP contribution in [-0.4, -0.2) is 35.0 Å². The number of thioether (sulfide) groups is 1. The molecule has 44 heavy (non-hydrogen) atoms. The molecule has 0 aliphatic heterocycles. The number of ether oxygens (including phenoxy) is 1. The van der Waals surface area contributed by atoms with Gasteiger partial charge < -0.3 is 20.7 Å². The highest BCUT2D eigenvalue weighted by Gasteiger charge is 2.18. The van der Waals surface area contributed by atoms with Crippen molar-refractivity contribution in [2.75, 3.05) is 17.7 Å². The Balaban J connectivity index is 1.43. The Hall–Kier alpha value is -5.42. The van der Waals surface area contributed by atoms with E-state index in [1.165, 1.54) is 30.0 Å². The molecule has 0 spiro atoms. The van der Waals surface area contributed by atoms with Crippen molar-refractivity contribution in [2.45, 2.75) is 24.0 Å². The lowest BCUT2D eigenvalue weighted by molar-refractivity contribution is -0.384. The van der Waals surface area contributed by atoms with Crippen molar-refractivity contribution >= 4 is 52.6 Å². The van der Waals surface area contributed by atoms with Crippen LogP contribution in [0.2, 0.25) is 0 Å². The van der Waals surface area contributed by atoms with E-state index in [9.17, 15) is 24.5 Å². The van der Waals surface area contributed by atoms with Gasteiger partial charge in [0.1, 0.15) is 11.4 Å². The molecular weight excluding hydrogens is 580 g/mol. The molecule has 0 aromatic heterocycles. The Kier molecular flexibility index (Phi) is 10.5. The SMILES string of the molecule is COc1cccc(/C=C(\NC(=O)c2ccccc2)C(=O)Nc2ccc(SC(C)C(=O)Nc3ccc([N+](=O)[O-])cc3C)cc2)c1. The molecule has 10 nitrogen and oxygen atoms in total. The normalized spacial score (nSPS) is 11.7. The molecule has 0 aliphatic carbocycles. The number of carbonyl (C=O) groups excluding carboxylic acids is 3. The third kappa shape index (κ3) is 8.55. The number of non-ortho nitro benzene ring substituents is 1. The highest BCUT2D eigenvalue weighted by Crippen LogP contribution is 2.27. The summed E-state index contributed by atoms with van der Waals surface area (Å²) in [6.07, 6.45) is 1.57. The summed E-state index contributed by atoms with van der Waals surface area (Å²) in [5.41, 5.74) is 2.64. The average molecular weight is 611 g/mol. The molecule has 0 heterocycles. The first-order chi connectivity index (χ1) is 21.1. The molecule has 0 saturated heterocycles. The van der Waals surface area contributed by atoms with Crippen molar-refractivity contribution in [3.05, 3.63) is 130 Å². The molecule has 0 aliphatic rings. The Bertz CT molecular complexity index is 1710. The van der Waals surface area contributed by atoms with Crippen LogP contribution in [0.25, 0.3) is 6.08 Å². The molecule has 11 heteroatoms. The molecule has 3 N–H and O–H groups in total. The molecule has 4 rings (SSSR count). The third-order valence-corrected chi connectivity index (χ3v) is 7.52. The summed E-state index contributed by atoms with van der Waals surface area (Å²) < 4.78 is 5.28. The quantitative estimate of drug-likeness (QED) is 0.0768. The molecule has 0 bridgehead atoms. The molecule has 0 radical (unpaired) electrons. The molecule has 1 atom stereocenters. The van der Waals surface area contributed by atoms with Crippen LogP contribution in [0.3, 0.4) is 0 Å². The van der Waals surface area contributed by atoms with Crippen LogP contribution in [0.5, 0.6) is 5.75 Å². The number of aryl methyl sites for hydroxylation is 1. The van der Waals surface area contributed by atoms with E-state index in [0.717, 1.165) is 4.90 Å². The second-order valence-corrected chi connectivity index (χ2v) is 11.1. The fourth-order valence-electron chi connectivity index (χ4n) is 4.05. The zero-order valence-corrected chi connectivity index (χ0v) is 25.0. The highest BCUT2D eigenvalue weighted by molar-refractivity contribution is 8.00. The Morgan fingerprint density at radius 1 is 0.909 bits per heavy atom. The first-order valence-electron chi connectivity index (χ1n) is 13.5. The van der Waals surface area contributed by atoms with Gasteiger partial charge >= 0.3 is 0 Å². The van der Waals surface area contributed by atoms with Gasteiger partial charge in [0.25, 0.3) is 17.5 Å². The van der Waals surface area contributed by atoms with Crippen LogP contribution in [-0.2, 0) is 9.59 Å². The number of nitrogens with zero attached hydrogens (tertiary/aromatic N) is 1. The fourth-order valence-corrected chi connectivity index (χ4v) is 4.92. The van der Waals surface area contributed by atoms with Crippen LogP contribution < -0.4 is 20.7 Å². The summed E-state index contributed by atoms with van der Waals surface area (Å²) in [6.45, 7) is 3.44. The second-order valence-electron chi connectivity index (χ2n) is 9.64. The first kappa shape index (κ1) is 31.5. The molecule has 0 saturated carbocycles. The average Bonchev–Trinajstić information content (AvgIpc) is 3.02. The van der Waals surface area contributed by atoms with E-state index in [0.29, 0.717) is 33.8 Å². The smallest absolute Gasteiger partial charge is 0.272 e. The minimum absolute atomic E-state index is 0.0392. The first-order valence-corrected chi connectivity index (χ1v) is 14.4. The second kappa shape index (κ2) is 14.7. The van der Waals surface area contributed by atoms with Crippen molar-refractivity contribution in [2.24, 2.45) is 0 Å².